The quantitative estimate of drug-likeness (QED) is 0.873. The summed E-state index contributed by atoms with van der Waals surface area (Å²) < 4.78 is 0. The molecule has 1 aliphatic heterocycles. The Morgan fingerprint density at radius 1 is 1.41 bits per heavy atom. The van der Waals surface area contributed by atoms with E-state index in [1.165, 1.54) is 43.1 Å². The van der Waals surface area contributed by atoms with Gasteiger partial charge in [0, 0.05) is 17.2 Å². The van der Waals surface area contributed by atoms with Gasteiger partial charge in [-0.15, -0.1) is 11.3 Å². The van der Waals surface area contributed by atoms with Crippen molar-refractivity contribution in [3.63, 3.8) is 0 Å². The summed E-state index contributed by atoms with van der Waals surface area (Å²) in [7, 11) is 0. The lowest BCUT2D eigenvalue weighted by Gasteiger charge is -2.15. The van der Waals surface area contributed by atoms with Gasteiger partial charge in [0.2, 0.25) is 0 Å². The minimum Gasteiger partial charge on any atom is -0.316 e. The van der Waals surface area contributed by atoms with E-state index in [0.717, 1.165) is 12.3 Å². The summed E-state index contributed by atoms with van der Waals surface area (Å²) in [6.45, 7) is 9.07. The molecule has 0 aromatic carbocycles. The van der Waals surface area contributed by atoms with Gasteiger partial charge in [0.05, 0.1) is 10.7 Å². The van der Waals surface area contributed by atoms with Gasteiger partial charge in [0.25, 0.3) is 0 Å². The van der Waals surface area contributed by atoms with Crippen LogP contribution >= 0.6 is 11.3 Å². The molecule has 1 saturated heterocycles. The molecule has 3 heteroatoms. The standard InChI is InChI=1S/C14H24N2S/c1-14(2,3)12-10-17-13(16-12)8-11-6-4-5-7-15-9-11/h10-11,15H,4-9H2,1-3H3. The van der Waals surface area contributed by atoms with Crippen molar-refractivity contribution in [2.45, 2.75) is 51.9 Å². The van der Waals surface area contributed by atoms with Gasteiger partial charge in [0.15, 0.2) is 0 Å². The Labute approximate surface area is 109 Å². The van der Waals surface area contributed by atoms with E-state index in [9.17, 15) is 0 Å². The van der Waals surface area contributed by atoms with E-state index in [1.807, 2.05) is 11.3 Å². The maximum absolute atomic E-state index is 4.80. The molecule has 0 amide bonds. The normalized spacial score (nSPS) is 22.4. The molecule has 1 fully saturated rings. The Balaban J connectivity index is 1.96. The zero-order chi connectivity index (χ0) is 12.3. The third kappa shape index (κ3) is 3.78. The highest BCUT2D eigenvalue weighted by atomic mass is 32.1. The van der Waals surface area contributed by atoms with Crippen LogP contribution in [0, 0.1) is 5.92 Å². The molecule has 96 valence electrons. The van der Waals surface area contributed by atoms with E-state index in [1.54, 1.807) is 0 Å². The van der Waals surface area contributed by atoms with Crippen molar-refractivity contribution in [2.75, 3.05) is 13.1 Å². The van der Waals surface area contributed by atoms with Gasteiger partial charge in [-0.25, -0.2) is 4.98 Å². The maximum Gasteiger partial charge on any atom is 0.0931 e. The summed E-state index contributed by atoms with van der Waals surface area (Å²) in [6, 6.07) is 0. The molecular weight excluding hydrogens is 228 g/mol. The van der Waals surface area contributed by atoms with Crippen molar-refractivity contribution >= 4 is 11.3 Å². The van der Waals surface area contributed by atoms with E-state index < -0.39 is 0 Å². The zero-order valence-corrected chi connectivity index (χ0v) is 12.1. The van der Waals surface area contributed by atoms with Crippen LogP contribution in [-0.4, -0.2) is 18.1 Å². The van der Waals surface area contributed by atoms with E-state index in [2.05, 4.69) is 31.5 Å². The van der Waals surface area contributed by atoms with Crippen LogP contribution in [0.15, 0.2) is 5.38 Å². The highest BCUT2D eigenvalue weighted by molar-refractivity contribution is 7.09. The van der Waals surface area contributed by atoms with Crippen molar-refractivity contribution in [1.82, 2.24) is 10.3 Å². The maximum atomic E-state index is 4.80. The highest BCUT2D eigenvalue weighted by Crippen LogP contribution is 2.26. The molecule has 1 aromatic heterocycles. The van der Waals surface area contributed by atoms with Gasteiger partial charge in [-0.3, -0.25) is 0 Å². The molecule has 2 heterocycles. The predicted molar refractivity (Wildman–Crippen MR) is 74.7 cm³/mol. The van der Waals surface area contributed by atoms with Crippen LogP contribution in [0.25, 0.3) is 0 Å². The van der Waals surface area contributed by atoms with Crippen LogP contribution in [0.1, 0.15) is 50.7 Å². The number of nitrogens with one attached hydrogen (secondary N) is 1. The second-order valence-corrected chi connectivity index (χ2v) is 7.09. The molecule has 0 bridgehead atoms. The molecule has 0 spiro atoms. The fourth-order valence-electron chi connectivity index (χ4n) is 2.26. The predicted octanol–water partition coefficient (Wildman–Crippen LogP) is 3.37. The summed E-state index contributed by atoms with van der Waals surface area (Å²) in [6.07, 6.45) is 5.22. The Bertz CT molecular complexity index is 343. The molecule has 17 heavy (non-hydrogen) atoms. The van der Waals surface area contributed by atoms with Crippen LogP contribution in [0.4, 0.5) is 0 Å². The first-order valence-corrected chi connectivity index (χ1v) is 7.59. The number of nitrogens with zero attached hydrogens (tertiary/aromatic N) is 1. The van der Waals surface area contributed by atoms with Crippen molar-refractivity contribution in [3.8, 4) is 0 Å². The molecule has 1 unspecified atom stereocenters. The number of thiazole rings is 1. The number of rotatable bonds is 2. The SMILES string of the molecule is CC(C)(C)c1csc(CC2CCCCNC2)n1. The van der Waals surface area contributed by atoms with Gasteiger partial charge in [-0.05, 0) is 31.8 Å². The third-order valence-corrected chi connectivity index (χ3v) is 4.30. The number of hydrogen-bond acceptors (Lipinski definition) is 3. The fraction of sp³-hybridized carbons (Fsp3) is 0.786. The zero-order valence-electron chi connectivity index (χ0n) is 11.3. The summed E-state index contributed by atoms with van der Waals surface area (Å²) in [5.74, 6) is 0.788. The lowest BCUT2D eigenvalue weighted by molar-refractivity contribution is 0.474. The molecule has 0 radical (unpaired) electrons. The molecular formula is C14H24N2S. The Kier molecular flexibility index (Phi) is 4.21. The van der Waals surface area contributed by atoms with Crippen LogP contribution in [-0.2, 0) is 11.8 Å². The third-order valence-electron chi connectivity index (χ3n) is 3.43. The first-order chi connectivity index (χ1) is 8.05. The van der Waals surface area contributed by atoms with Crippen molar-refractivity contribution in [3.05, 3.63) is 16.1 Å². The lowest BCUT2D eigenvalue weighted by Crippen LogP contribution is -2.22. The van der Waals surface area contributed by atoms with Gasteiger partial charge < -0.3 is 5.32 Å². The molecule has 1 aliphatic rings. The molecule has 2 nitrogen and oxygen atoms in total. The monoisotopic (exact) mass is 252 g/mol. The second kappa shape index (κ2) is 5.49. The Morgan fingerprint density at radius 2 is 2.24 bits per heavy atom. The first kappa shape index (κ1) is 13.0. The van der Waals surface area contributed by atoms with Gasteiger partial charge in [-0.1, -0.05) is 27.2 Å². The summed E-state index contributed by atoms with van der Waals surface area (Å²) in [5.41, 5.74) is 1.44. The second-order valence-electron chi connectivity index (χ2n) is 6.15. The lowest BCUT2D eigenvalue weighted by atomic mass is 9.93. The summed E-state index contributed by atoms with van der Waals surface area (Å²) >= 11 is 1.84. The van der Waals surface area contributed by atoms with Crippen LogP contribution in [0.3, 0.4) is 0 Å². The average molecular weight is 252 g/mol. The molecule has 0 saturated carbocycles. The number of hydrogen-bond donors (Lipinski definition) is 1. The number of aromatic nitrogens is 1. The molecule has 1 atom stereocenters. The van der Waals surface area contributed by atoms with E-state index in [4.69, 9.17) is 4.98 Å². The molecule has 1 aromatic rings. The van der Waals surface area contributed by atoms with Gasteiger partial charge in [-0.2, -0.15) is 0 Å². The first-order valence-electron chi connectivity index (χ1n) is 6.71. The van der Waals surface area contributed by atoms with Crippen LogP contribution in [0.5, 0.6) is 0 Å². The van der Waals surface area contributed by atoms with E-state index >= 15 is 0 Å². The van der Waals surface area contributed by atoms with Gasteiger partial charge in [0.1, 0.15) is 0 Å². The van der Waals surface area contributed by atoms with Crippen molar-refractivity contribution in [1.29, 1.82) is 0 Å². The van der Waals surface area contributed by atoms with E-state index in [-0.39, 0.29) is 5.41 Å². The van der Waals surface area contributed by atoms with E-state index in [0.29, 0.717) is 0 Å². The molecule has 0 aliphatic carbocycles. The Hall–Kier alpha value is -0.410. The smallest absolute Gasteiger partial charge is 0.0931 e. The van der Waals surface area contributed by atoms with Crippen LogP contribution in [0.2, 0.25) is 0 Å². The Morgan fingerprint density at radius 3 is 2.94 bits per heavy atom. The largest absolute Gasteiger partial charge is 0.316 e. The summed E-state index contributed by atoms with van der Waals surface area (Å²) in [5, 5.41) is 7.09. The van der Waals surface area contributed by atoms with Gasteiger partial charge >= 0.3 is 0 Å². The molecule has 1 N–H and O–H groups in total. The van der Waals surface area contributed by atoms with Crippen LogP contribution < -0.4 is 5.32 Å². The van der Waals surface area contributed by atoms with Crippen molar-refractivity contribution in [2.24, 2.45) is 5.92 Å². The minimum absolute atomic E-state index is 0.191. The summed E-state index contributed by atoms with van der Waals surface area (Å²) in [4.78, 5) is 4.80. The molecule has 2 rings (SSSR count). The minimum atomic E-state index is 0.191. The highest BCUT2D eigenvalue weighted by Gasteiger charge is 2.19. The van der Waals surface area contributed by atoms with Crippen molar-refractivity contribution < 1.29 is 0 Å². The fourth-order valence-corrected chi connectivity index (χ4v) is 3.40. The average Bonchev–Trinajstić information content (AvgIpc) is 2.56. The topological polar surface area (TPSA) is 24.9 Å².